The Hall–Kier alpha value is -2.24. The van der Waals surface area contributed by atoms with E-state index in [1.807, 2.05) is 12.1 Å². The van der Waals surface area contributed by atoms with Crippen LogP contribution in [0.5, 0.6) is 5.75 Å². The van der Waals surface area contributed by atoms with Gasteiger partial charge in [-0.2, -0.15) is 0 Å². The Balaban J connectivity index is 1.58. The van der Waals surface area contributed by atoms with Gasteiger partial charge in [0.25, 0.3) is 5.91 Å². The number of rotatable bonds is 4. The zero-order chi connectivity index (χ0) is 16.2. The lowest BCUT2D eigenvalue weighted by atomic mass is 10.1. The molecule has 1 unspecified atom stereocenters. The van der Waals surface area contributed by atoms with E-state index in [1.54, 1.807) is 17.0 Å². The highest BCUT2D eigenvalue weighted by Gasteiger charge is 2.26. The number of urea groups is 1. The van der Waals surface area contributed by atoms with Crippen molar-refractivity contribution >= 4 is 11.9 Å². The fourth-order valence-electron chi connectivity index (χ4n) is 3.26. The van der Waals surface area contributed by atoms with Crippen LogP contribution in [0.4, 0.5) is 4.79 Å². The molecule has 1 aromatic rings. The Morgan fingerprint density at radius 2 is 2.00 bits per heavy atom. The summed E-state index contributed by atoms with van der Waals surface area (Å²) in [7, 11) is 0. The standard InChI is InChI=1S/C17H23N3O3/c18-17(22)20-9-8-13(11-20)19-16(21)12-4-3-7-15(10-12)23-14-5-1-2-6-14/h3-4,7,10,13-14H,1-2,5-6,8-9,11H2,(H2,18,22)(H,19,21). The summed E-state index contributed by atoms with van der Waals surface area (Å²) in [5.41, 5.74) is 5.84. The van der Waals surface area contributed by atoms with Crippen LogP contribution in [0.15, 0.2) is 24.3 Å². The van der Waals surface area contributed by atoms with Gasteiger partial charge in [0.15, 0.2) is 0 Å². The lowest BCUT2D eigenvalue weighted by Crippen LogP contribution is -2.40. The largest absolute Gasteiger partial charge is 0.490 e. The third-order valence-corrected chi connectivity index (χ3v) is 4.54. The van der Waals surface area contributed by atoms with Gasteiger partial charge in [-0.15, -0.1) is 0 Å². The number of nitrogens with two attached hydrogens (primary N) is 1. The second-order valence-electron chi connectivity index (χ2n) is 6.30. The fraction of sp³-hybridized carbons (Fsp3) is 0.529. The molecule has 1 aromatic carbocycles. The fourth-order valence-corrected chi connectivity index (χ4v) is 3.26. The Morgan fingerprint density at radius 3 is 2.70 bits per heavy atom. The van der Waals surface area contributed by atoms with Crippen LogP contribution in [0.3, 0.4) is 0 Å². The number of nitrogens with one attached hydrogen (secondary N) is 1. The van der Waals surface area contributed by atoms with Crippen molar-refractivity contribution < 1.29 is 14.3 Å². The zero-order valence-electron chi connectivity index (χ0n) is 13.2. The van der Waals surface area contributed by atoms with E-state index in [4.69, 9.17) is 10.5 Å². The van der Waals surface area contributed by atoms with Crippen LogP contribution >= 0.6 is 0 Å². The van der Waals surface area contributed by atoms with Gasteiger partial charge in [0.05, 0.1) is 6.10 Å². The number of ether oxygens (including phenoxy) is 1. The van der Waals surface area contributed by atoms with Crippen LogP contribution in [0, 0.1) is 0 Å². The maximum atomic E-state index is 12.4. The molecule has 1 atom stereocenters. The Bertz CT molecular complexity index is 584. The molecule has 3 rings (SSSR count). The van der Waals surface area contributed by atoms with Crippen molar-refractivity contribution in [2.75, 3.05) is 13.1 Å². The molecule has 0 bridgehead atoms. The molecule has 3 N–H and O–H groups in total. The molecule has 1 saturated heterocycles. The first-order valence-corrected chi connectivity index (χ1v) is 8.24. The Kier molecular flexibility index (Phi) is 4.69. The van der Waals surface area contributed by atoms with Crippen LogP contribution in [0.25, 0.3) is 0 Å². The van der Waals surface area contributed by atoms with Gasteiger partial charge in [-0.3, -0.25) is 4.79 Å². The van der Waals surface area contributed by atoms with Gasteiger partial charge < -0.3 is 20.7 Å². The quantitative estimate of drug-likeness (QED) is 0.889. The summed E-state index contributed by atoms with van der Waals surface area (Å²) in [4.78, 5) is 25.0. The van der Waals surface area contributed by atoms with Crippen molar-refractivity contribution in [1.82, 2.24) is 10.2 Å². The van der Waals surface area contributed by atoms with E-state index in [9.17, 15) is 9.59 Å². The molecule has 124 valence electrons. The van der Waals surface area contributed by atoms with Crippen LogP contribution in [-0.4, -0.2) is 42.1 Å². The molecular formula is C17H23N3O3. The normalized spacial score (nSPS) is 21.4. The summed E-state index contributed by atoms with van der Waals surface area (Å²) in [6, 6.07) is 6.80. The molecule has 0 radical (unpaired) electrons. The summed E-state index contributed by atoms with van der Waals surface area (Å²) in [5, 5.41) is 2.96. The van der Waals surface area contributed by atoms with E-state index >= 15 is 0 Å². The third-order valence-electron chi connectivity index (χ3n) is 4.54. The first kappa shape index (κ1) is 15.6. The number of benzene rings is 1. The smallest absolute Gasteiger partial charge is 0.314 e. The minimum atomic E-state index is -0.436. The van der Waals surface area contributed by atoms with Crippen molar-refractivity contribution in [3.8, 4) is 5.75 Å². The summed E-state index contributed by atoms with van der Waals surface area (Å²) in [6.45, 7) is 1.06. The monoisotopic (exact) mass is 317 g/mol. The van der Waals surface area contributed by atoms with E-state index in [-0.39, 0.29) is 18.1 Å². The molecule has 2 fully saturated rings. The highest BCUT2D eigenvalue weighted by Crippen LogP contribution is 2.24. The second kappa shape index (κ2) is 6.89. The van der Waals surface area contributed by atoms with Crippen LogP contribution in [0.1, 0.15) is 42.5 Å². The molecule has 6 heteroatoms. The molecule has 1 aliphatic heterocycles. The minimum Gasteiger partial charge on any atom is -0.490 e. The third kappa shape index (κ3) is 3.94. The molecule has 1 saturated carbocycles. The summed E-state index contributed by atoms with van der Waals surface area (Å²) < 4.78 is 5.94. The number of primary amides is 1. The van der Waals surface area contributed by atoms with E-state index in [0.29, 0.717) is 18.7 Å². The lowest BCUT2D eigenvalue weighted by Gasteiger charge is -2.16. The highest BCUT2D eigenvalue weighted by atomic mass is 16.5. The maximum Gasteiger partial charge on any atom is 0.314 e. The van der Waals surface area contributed by atoms with Crippen LogP contribution in [0.2, 0.25) is 0 Å². The van der Waals surface area contributed by atoms with E-state index in [0.717, 1.165) is 25.0 Å². The van der Waals surface area contributed by atoms with E-state index in [2.05, 4.69) is 5.32 Å². The van der Waals surface area contributed by atoms with E-state index < -0.39 is 6.03 Å². The molecule has 6 nitrogen and oxygen atoms in total. The average Bonchev–Trinajstić information content (AvgIpc) is 3.19. The topological polar surface area (TPSA) is 84.7 Å². The Morgan fingerprint density at radius 1 is 1.22 bits per heavy atom. The van der Waals surface area contributed by atoms with Gasteiger partial charge in [-0.05, 0) is 50.3 Å². The molecule has 0 aromatic heterocycles. The van der Waals surface area contributed by atoms with Crippen LogP contribution in [-0.2, 0) is 0 Å². The van der Waals surface area contributed by atoms with Crippen LogP contribution < -0.4 is 15.8 Å². The average molecular weight is 317 g/mol. The number of carbonyl (C=O) groups is 2. The van der Waals surface area contributed by atoms with Gasteiger partial charge >= 0.3 is 6.03 Å². The number of nitrogens with zero attached hydrogens (tertiary/aromatic N) is 1. The first-order valence-electron chi connectivity index (χ1n) is 8.24. The lowest BCUT2D eigenvalue weighted by molar-refractivity contribution is 0.0937. The molecule has 1 heterocycles. The molecule has 0 spiro atoms. The zero-order valence-corrected chi connectivity index (χ0v) is 13.2. The van der Waals surface area contributed by atoms with Gasteiger partial charge in [0.2, 0.25) is 0 Å². The maximum absolute atomic E-state index is 12.4. The number of hydrogen-bond donors (Lipinski definition) is 2. The molecule has 2 aliphatic rings. The summed E-state index contributed by atoms with van der Waals surface area (Å²) >= 11 is 0. The predicted molar refractivity (Wildman–Crippen MR) is 86.4 cm³/mol. The van der Waals surface area contributed by atoms with Crippen molar-refractivity contribution in [1.29, 1.82) is 0 Å². The number of amides is 3. The van der Waals surface area contributed by atoms with Crippen molar-refractivity contribution in [3.05, 3.63) is 29.8 Å². The molecule has 3 amide bonds. The number of carbonyl (C=O) groups excluding carboxylic acids is 2. The minimum absolute atomic E-state index is 0.0468. The van der Waals surface area contributed by atoms with Gasteiger partial charge in [0.1, 0.15) is 5.75 Å². The summed E-state index contributed by atoms with van der Waals surface area (Å²) in [6.07, 6.45) is 5.59. The van der Waals surface area contributed by atoms with Gasteiger partial charge in [0, 0.05) is 24.7 Å². The van der Waals surface area contributed by atoms with Gasteiger partial charge in [-0.25, -0.2) is 4.79 Å². The molecular weight excluding hydrogens is 294 g/mol. The first-order chi connectivity index (χ1) is 11.1. The van der Waals surface area contributed by atoms with Crippen molar-refractivity contribution in [3.63, 3.8) is 0 Å². The number of hydrogen-bond acceptors (Lipinski definition) is 3. The highest BCUT2D eigenvalue weighted by molar-refractivity contribution is 5.94. The molecule has 23 heavy (non-hydrogen) atoms. The van der Waals surface area contributed by atoms with E-state index in [1.165, 1.54) is 12.8 Å². The summed E-state index contributed by atoms with van der Waals surface area (Å²) in [5.74, 6) is 0.605. The van der Waals surface area contributed by atoms with Gasteiger partial charge in [-0.1, -0.05) is 6.07 Å². The van der Waals surface area contributed by atoms with Crippen molar-refractivity contribution in [2.45, 2.75) is 44.2 Å². The van der Waals surface area contributed by atoms with Crippen molar-refractivity contribution in [2.24, 2.45) is 5.73 Å². The second-order valence-corrected chi connectivity index (χ2v) is 6.30. The molecule has 1 aliphatic carbocycles. The number of likely N-dealkylation sites (tertiary alicyclic amines) is 1. The Labute approximate surface area is 136 Å². The predicted octanol–water partition coefficient (Wildman–Crippen LogP) is 1.89. The SMILES string of the molecule is NC(=O)N1CCC(NC(=O)c2cccc(OC3CCCC3)c2)C1.